The second-order valence-electron chi connectivity index (χ2n) is 1.66. The molecule has 0 aliphatic heterocycles. The van der Waals surface area contributed by atoms with Gasteiger partial charge in [0.1, 0.15) is 6.34 Å². The quantitative estimate of drug-likeness (QED) is 0.374. The largest absolute Gasteiger partial charge is 0.387 e. The minimum Gasteiger partial charge on any atom is -0.387 e. The third-order valence-electron chi connectivity index (χ3n) is 0.962. The zero-order chi connectivity index (χ0) is 7.23. The minimum absolute atomic E-state index is 0.684. The fraction of sp³-hybridized carbons (Fsp3) is 0. The van der Waals surface area contributed by atoms with Crippen molar-refractivity contribution in [3.05, 3.63) is 30.3 Å². The molecule has 0 amide bonds. The van der Waals surface area contributed by atoms with Gasteiger partial charge in [-0.15, -0.1) is 0 Å². The van der Waals surface area contributed by atoms with Crippen molar-refractivity contribution in [2.24, 2.45) is 10.9 Å². The highest BCUT2D eigenvalue weighted by Crippen LogP contribution is 2.07. The van der Waals surface area contributed by atoms with Crippen molar-refractivity contribution in [1.82, 2.24) is 0 Å². The molecule has 0 aromatic heterocycles. The lowest BCUT2D eigenvalue weighted by Crippen LogP contribution is -1.91. The van der Waals surface area contributed by atoms with E-state index in [0.717, 1.165) is 6.34 Å². The van der Waals surface area contributed by atoms with E-state index in [2.05, 4.69) is 5.16 Å². The molecule has 0 unspecified atom stereocenters. The molecule has 0 radical (unpaired) electrons. The van der Waals surface area contributed by atoms with Gasteiger partial charge in [-0.25, -0.2) is 0 Å². The van der Waals surface area contributed by atoms with Gasteiger partial charge in [-0.3, -0.25) is 0 Å². The average Bonchev–Trinajstić information content (AvgIpc) is 2.03. The van der Waals surface area contributed by atoms with Gasteiger partial charge in [-0.2, -0.15) is 0 Å². The second kappa shape index (κ2) is 3.50. The SMILES string of the molecule is NC=NOc1ccccc1. The van der Waals surface area contributed by atoms with Crippen molar-refractivity contribution in [2.75, 3.05) is 0 Å². The Morgan fingerprint density at radius 1 is 1.30 bits per heavy atom. The summed E-state index contributed by atoms with van der Waals surface area (Å²) in [6, 6.07) is 9.22. The first-order valence-electron chi connectivity index (χ1n) is 2.89. The second-order valence-corrected chi connectivity index (χ2v) is 1.66. The van der Waals surface area contributed by atoms with Gasteiger partial charge in [0, 0.05) is 0 Å². The molecule has 0 atom stereocenters. The van der Waals surface area contributed by atoms with Crippen molar-refractivity contribution in [3.8, 4) is 5.75 Å². The molecule has 2 N–H and O–H groups in total. The maximum absolute atomic E-state index is 4.96. The normalized spacial score (nSPS) is 10.0. The average molecular weight is 136 g/mol. The molecule has 0 spiro atoms. The van der Waals surface area contributed by atoms with E-state index in [0.29, 0.717) is 5.75 Å². The Morgan fingerprint density at radius 2 is 2.00 bits per heavy atom. The molecule has 10 heavy (non-hydrogen) atoms. The molecule has 0 saturated heterocycles. The molecule has 0 saturated carbocycles. The summed E-state index contributed by atoms with van der Waals surface area (Å²) >= 11 is 0. The zero-order valence-electron chi connectivity index (χ0n) is 5.40. The first kappa shape index (κ1) is 6.61. The fourth-order valence-electron chi connectivity index (χ4n) is 0.573. The third-order valence-corrected chi connectivity index (χ3v) is 0.962. The Morgan fingerprint density at radius 3 is 2.60 bits per heavy atom. The predicted octanol–water partition coefficient (Wildman–Crippen LogP) is 0.967. The summed E-state index contributed by atoms with van der Waals surface area (Å²) < 4.78 is 0. The van der Waals surface area contributed by atoms with Crippen LogP contribution in [0, 0.1) is 0 Å². The van der Waals surface area contributed by atoms with Crippen molar-refractivity contribution in [2.45, 2.75) is 0 Å². The number of benzene rings is 1. The topological polar surface area (TPSA) is 47.6 Å². The molecule has 1 aromatic rings. The lowest BCUT2D eigenvalue weighted by molar-refractivity contribution is 0.343. The van der Waals surface area contributed by atoms with Gasteiger partial charge >= 0.3 is 0 Å². The van der Waals surface area contributed by atoms with E-state index in [-0.39, 0.29) is 0 Å². The molecule has 0 aliphatic rings. The summed E-state index contributed by atoms with van der Waals surface area (Å²) in [5.74, 6) is 0.684. The van der Waals surface area contributed by atoms with Crippen LogP contribution in [-0.4, -0.2) is 6.34 Å². The van der Waals surface area contributed by atoms with E-state index >= 15 is 0 Å². The monoisotopic (exact) mass is 136 g/mol. The van der Waals surface area contributed by atoms with Gasteiger partial charge < -0.3 is 10.6 Å². The van der Waals surface area contributed by atoms with Crippen LogP contribution in [0.15, 0.2) is 35.5 Å². The lowest BCUT2D eigenvalue weighted by Gasteiger charge is -1.93. The summed E-state index contributed by atoms with van der Waals surface area (Å²) in [4.78, 5) is 4.80. The van der Waals surface area contributed by atoms with E-state index in [1.807, 2.05) is 18.2 Å². The smallest absolute Gasteiger partial charge is 0.158 e. The van der Waals surface area contributed by atoms with Crippen LogP contribution in [0.3, 0.4) is 0 Å². The summed E-state index contributed by atoms with van der Waals surface area (Å²) in [6.07, 6.45) is 1.10. The summed E-state index contributed by atoms with van der Waals surface area (Å²) in [6.45, 7) is 0. The van der Waals surface area contributed by atoms with Crippen molar-refractivity contribution >= 4 is 6.34 Å². The molecule has 0 heterocycles. The number of hydrogen-bond acceptors (Lipinski definition) is 2. The van der Waals surface area contributed by atoms with Gasteiger partial charge in [-0.05, 0) is 12.1 Å². The molecule has 52 valence electrons. The highest BCUT2D eigenvalue weighted by molar-refractivity contribution is 5.50. The van der Waals surface area contributed by atoms with Gasteiger partial charge in [0.15, 0.2) is 5.75 Å². The molecule has 3 nitrogen and oxygen atoms in total. The summed E-state index contributed by atoms with van der Waals surface area (Å²) in [5, 5.41) is 3.39. The Labute approximate surface area is 59.1 Å². The Bertz CT molecular complexity index is 208. The Hall–Kier alpha value is -1.51. The molecule has 1 aromatic carbocycles. The molecule has 0 fully saturated rings. The third kappa shape index (κ3) is 1.78. The van der Waals surface area contributed by atoms with E-state index < -0.39 is 0 Å². The van der Waals surface area contributed by atoms with Crippen molar-refractivity contribution < 1.29 is 4.84 Å². The first-order chi connectivity index (χ1) is 4.93. The molecular weight excluding hydrogens is 128 g/mol. The number of hydrogen-bond donors (Lipinski definition) is 1. The van der Waals surface area contributed by atoms with Crippen LogP contribution in [0.5, 0.6) is 5.75 Å². The van der Waals surface area contributed by atoms with Crippen LogP contribution in [0.4, 0.5) is 0 Å². The van der Waals surface area contributed by atoms with E-state index in [1.165, 1.54) is 0 Å². The summed E-state index contributed by atoms with van der Waals surface area (Å²) in [7, 11) is 0. The van der Waals surface area contributed by atoms with Crippen molar-refractivity contribution in [3.63, 3.8) is 0 Å². The zero-order valence-corrected chi connectivity index (χ0v) is 5.40. The standard InChI is InChI=1S/C7H8N2O/c8-6-9-10-7-4-2-1-3-5-7/h1-6H,(H2,8,9). The Kier molecular flexibility index (Phi) is 2.31. The Balaban J connectivity index is 2.59. The maximum atomic E-state index is 4.96. The van der Waals surface area contributed by atoms with Gasteiger partial charge in [0.05, 0.1) is 0 Å². The molecule has 0 bridgehead atoms. The fourth-order valence-corrected chi connectivity index (χ4v) is 0.573. The van der Waals surface area contributed by atoms with E-state index in [1.54, 1.807) is 12.1 Å². The number of para-hydroxylation sites is 1. The molecule has 1 rings (SSSR count). The molecule has 3 heteroatoms. The van der Waals surface area contributed by atoms with E-state index in [9.17, 15) is 0 Å². The van der Waals surface area contributed by atoms with Crippen LogP contribution in [-0.2, 0) is 0 Å². The molecular formula is C7H8N2O. The van der Waals surface area contributed by atoms with Crippen LogP contribution < -0.4 is 10.6 Å². The van der Waals surface area contributed by atoms with Crippen LogP contribution in [0.1, 0.15) is 0 Å². The van der Waals surface area contributed by atoms with Gasteiger partial charge in [0.25, 0.3) is 0 Å². The number of rotatable bonds is 2. The highest BCUT2D eigenvalue weighted by Gasteiger charge is 1.84. The van der Waals surface area contributed by atoms with Gasteiger partial charge in [0.2, 0.25) is 0 Å². The van der Waals surface area contributed by atoms with Gasteiger partial charge in [-0.1, -0.05) is 23.4 Å². The van der Waals surface area contributed by atoms with Crippen LogP contribution in [0.25, 0.3) is 0 Å². The first-order valence-corrected chi connectivity index (χ1v) is 2.89. The van der Waals surface area contributed by atoms with E-state index in [4.69, 9.17) is 10.6 Å². The summed E-state index contributed by atoms with van der Waals surface area (Å²) in [5.41, 5.74) is 4.96. The lowest BCUT2D eigenvalue weighted by atomic mass is 10.3. The maximum Gasteiger partial charge on any atom is 0.158 e. The molecule has 0 aliphatic carbocycles. The van der Waals surface area contributed by atoms with Crippen LogP contribution >= 0.6 is 0 Å². The number of oxime groups is 1. The highest BCUT2D eigenvalue weighted by atomic mass is 16.6. The number of nitrogens with zero attached hydrogens (tertiary/aromatic N) is 1. The minimum atomic E-state index is 0.684. The van der Waals surface area contributed by atoms with Crippen LogP contribution in [0.2, 0.25) is 0 Å². The number of nitrogens with two attached hydrogens (primary N) is 1. The predicted molar refractivity (Wildman–Crippen MR) is 39.7 cm³/mol. The van der Waals surface area contributed by atoms with Crippen molar-refractivity contribution in [1.29, 1.82) is 0 Å².